The second kappa shape index (κ2) is 8.02. The van der Waals surface area contributed by atoms with Crippen LogP contribution in [-0.2, 0) is 9.47 Å². The molecule has 8 heteroatoms. The van der Waals surface area contributed by atoms with E-state index in [0.29, 0.717) is 18.7 Å². The normalized spacial score (nSPS) is 16.5. The van der Waals surface area contributed by atoms with Gasteiger partial charge in [0.05, 0.1) is 30.1 Å². The van der Waals surface area contributed by atoms with Crippen LogP contribution in [0.4, 0.5) is 4.79 Å². The summed E-state index contributed by atoms with van der Waals surface area (Å²) >= 11 is 0. The maximum Gasteiger partial charge on any atom is 0.410 e. The van der Waals surface area contributed by atoms with Crippen molar-refractivity contribution < 1.29 is 19.1 Å². The van der Waals surface area contributed by atoms with Gasteiger partial charge in [0.25, 0.3) is 0 Å². The van der Waals surface area contributed by atoms with Gasteiger partial charge in [-0.05, 0) is 45.4 Å². The minimum atomic E-state index is -0.521. The Labute approximate surface area is 180 Å². The molecule has 1 saturated heterocycles. The number of nitrogens with one attached hydrogen (secondary N) is 1. The van der Waals surface area contributed by atoms with Crippen LogP contribution in [0, 0.1) is 0 Å². The standard InChI is InChI=1S/C23H26N4O4/c1-23(2,3)31-22(29)27-10-9-16(13-27)18-11-17-12-24-26-20(17)19(25-18)14-5-7-15(8-6-14)21(28)30-4/h5-8,11-12,16H,9-10,13H2,1-4H3,(H,24,26). The number of amides is 1. The molecule has 0 spiro atoms. The van der Waals surface area contributed by atoms with Gasteiger partial charge in [0.2, 0.25) is 0 Å². The molecule has 0 bridgehead atoms. The van der Waals surface area contributed by atoms with Crippen LogP contribution in [0.3, 0.4) is 0 Å². The summed E-state index contributed by atoms with van der Waals surface area (Å²) in [5.41, 5.74) is 3.32. The molecule has 1 aromatic carbocycles. The number of aromatic amines is 1. The first-order valence-corrected chi connectivity index (χ1v) is 10.3. The smallest absolute Gasteiger partial charge is 0.410 e. The van der Waals surface area contributed by atoms with E-state index in [0.717, 1.165) is 34.3 Å². The third-order valence-corrected chi connectivity index (χ3v) is 5.29. The van der Waals surface area contributed by atoms with Gasteiger partial charge in [0.1, 0.15) is 5.60 Å². The predicted octanol–water partition coefficient (Wildman–Crippen LogP) is 4.14. The minimum absolute atomic E-state index is 0.111. The molecule has 0 saturated carbocycles. The molecule has 3 aromatic rings. The quantitative estimate of drug-likeness (QED) is 0.637. The lowest BCUT2D eigenvalue weighted by molar-refractivity contribution is 0.0292. The summed E-state index contributed by atoms with van der Waals surface area (Å²) in [7, 11) is 1.36. The third-order valence-electron chi connectivity index (χ3n) is 5.29. The van der Waals surface area contributed by atoms with Gasteiger partial charge in [0, 0.05) is 35.7 Å². The zero-order chi connectivity index (χ0) is 22.2. The maximum absolute atomic E-state index is 12.4. The molecule has 31 heavy (non-hydrogen) atoms. The molecule has 1 N–H and O–H groups in total. The van der Waals surface area contributed by atoms with E-state index in [2.05, 4.69) is 10.2 Å². The number of pyridine rings is 1. The second-order valence-corrected chi connectivity index (χ2v) is 8.71. The number of hydrogen-bond donors (Lipinski definition) is 1. The number of carbonyl (C=O) groups is 2. The first-order chi connectivity index (χ1) is 14.7. The average Bonchev–Trinajstić information content (AvgIpc) is 3.41. The van der Waals surface area contributed by atoms with Crippen LogP contribution in [0.15, 0.2) is 36.5 Å². The van der Waals surface area contributed by atoms with E-state index < -0.39 is 5.60 Å². The Bertz CT molecular complexity index is 1110. The molecule has 1 aliphatic heterocycles. The molecule has 8 nitrogen and oxygen atoms in total. The Morgan fingerprint density at radius 2 is 1.94 bits per heavy atom. The molecule has 1 amide bonds. The van der Waals surface area contributed by atoms with E-state index in [1.54, 1.807) is 23.2 Å². The van der Waals surface area contributed by atoms with Crippen LogP contribution in [0.1, 0.15) is 49.2 Å². The van der Waals surface area contributed by atoms with Crippen molar-refractivity contribution in [2.24, 2.45) is 0 Å². The SMILES string of the molecule is COC(=O)c1ccc(-c2nc(C3CCN(C(=O)OC(C)(C)C)C3)cc3cn[nH]c23)cc1. The largest absolute Gasteiger partial charge is 0.465 e. The van der Waals surface area contributed by atoms with Gasteiger partial charge in [-0.1, -0.05) is 12.1 Å². The zero-order valence-corrected chi connectivity index (χ0v) is 18.1. The summed E-state index contributed by atoms with van der Waals surface area (Å²) in [4.78, 5) is 30.8. The Balaban J connectivity index is 1.62. The highest BCUT2D eigenvalue weighted by molar-refractivity contribution is 5.93. The number of esters is 1. The number of likely N-dealkylation sites (tertiary alicyclic amines) is 1. The highest BCUT2D eigenvalue weighted by Crippen LogP contribution is 2.33. The summed E-state index contributed by atoms with van der Waals surface area (Å²) < 4.78 is 10.3. The van der Waals surface area contributed by atoms with Crippen molar-refractivity contribution in [2.75, 3.05) is 20.2 Å². The van der Waals surface area contributed by atoms with Crippen LogP contribution in [0.2, 0.25) is 0 Å². The van der Waals surface area contributed by atoms with Crippen molar-refractivity contribution in [2.45, 2.75) is 38.7 Å². The van der Waals surface area contributed by atoms with E-state index in [1.807, 2.05) is 39.0 Å². The number of aromatic nitrogens is 3. The topological polar surface area (TPSA) is 97.4 Å². The minimum Gasteiger partial charge on any atom is -0.465 e. The number of nitrogens with zero attached hydrogens (tertiary/aromatic N) is 3. The number of benzene rings is 1. The fourth-order valence-electron chi connectivity index (χ4n) is 3.77. The van der Waals surface area contributed by atoms with Crippen molar-refractivity contribution in [3.8, 4) is 11.3 Å². The Kier molecular flexibility index (Phi) is 5.39. The number of H-pyrrole nitrogens is 1. The van der Waals surface area contributed by atoms with Crippen LogP contribution >= 0.6 is 0 Å². The molecule has 3 heterocycles. The van der Waals surface area contributed by atoms with E-state index in [-0.39, 0.29) is 18.0 Å². The van der Waals surface area contributed by atoms with E-state index >= 15 is 0 Å². The van der Waals surface area contributed by atoms with Crippen molar-refractivity contribution >= 4 is 23.0 Å². The van der Waals surface area contributed by atoms with Crippen molar-refractivity contribution in [3.05, 3.63) is 47.8 Å². The zero-order valence-electron chi connectivity index (χ0n) is 18.1. The molecule has 0 radical (unpaired) electrons. The summed E-state index contributed by atoms with van der Waals surface area (Å²) in [6.45, 7) is 6.79. The first kappa shape index (κ1) is 20.8. The fraction of sp³-hybridized carbons (Fsp3) is 0.391. The number of carbonyl (C=O) groups excluding carboxylic acids is 2. The molecule has 4 rings (SSSR count). The number of hydrogen-bond acceptors (Lipinski definition) is 6. The van der Waals surface area contributed by atoms with Crippen molar-refractivity contribution in [3.63, 3.8) is 0 Å². The Morgan fingerprint density at radius 3 is 2.61 bits per heavy atom. The molecular formula is C23H26N4O4. The van der Waals surface area contributed by atoms with Gasteiger partial charge in [-0.2, -0.15) is 5.10 Å². The molecule has 2 aromatic heterocycles. The Morgan fingerprint density at radius 1 is 1.19 bits per heavy atom. The van der Waals surface area contributed by atoms with Crippen molar-refractivity contribution in [1.29, 1.82) is 0 Å². The lowest BCUT2D eigenvalue weighted by Gasteiger charge is -2.24. The molecule has 1 aliphatic rings. The third kappa shape index (κ3) is 4.38. The van der Waals surface area contributed by atoms with Gasteiger partial charge in [-0.3, -0.25) is 10.1 Å². The molecule has 1 fully saturated rings. The van der Waals surface area contributed by atoms with E-state index in [9.17, 15) is 9.59 Å². The summed E-state index contributed by atoms with van der Waals surface area (Å²) in [5, 5.41) is 8.14. The van der Waals surface area contributed by atoms with Crippen LogP contribution in [0.5, 0.6) is 0 Å². The average molecular weight is 422 g/mol. The van der Waals surface area contributed by atoms with E-state index in [1.165, 1.54) is 7.11 Å². The summed E-state index contributed by atoms with van der Waals surface area (Å²) in [6, 6.07) is 9.16. The number of methoxy groups -OCH3 is 1. The molecule has 162 valence electrons. The van der Waals surface area contributed by atoms with Crippen molar-refractivity contribution in [1.82, 2.24) is 20.1 Å². The van der Waals surface area contributed by atoms with Gasteiger partial charge < -0.3 is 14.4 Å². The second-order valence-electron chi connectivity index (χ2n) is 8.71. The highest BCUT2D eigenvalue weighted by atomic mass is 16.6. The van der Waals surface area contributed by atoms with Crippen LogP contribution < -0.4 is 0 Å². The van der Waals surface area contributed by atoms with E-state index in [4.69, 9.17) is 14.5 Å². The molecule has 1 atom stereocenters. The number of ether oxygens (including phenoxy) is 2. The summed E-state index contributed by atoms with van der Waals surface area (Å²) in [5.74, 6) is -0.270. The van der Waals surface area contributed by atoms with Crippen LogP contribution in [-0.4, -0.2) is 57.9 Å². The molecule has 0 aliphatic carbocycles. The lowest BCUT2D eigenvalue weighted by Crippen LogP contribution is -2.35. The highest BCUT2D eigenvalue weighted by Gasteiger charge is 2.31. The van der Waals surface area contributed by atoms with Crippen LogP contribution in [0.25, 0.3) is 22.2 Å². The molecule has 1 unspecified atom stereocenters. The number of rotatable bonds is 3. The Hall–Kier alpha value is -3.42. The van der Waals surface area contributed by atoms with Gasteiger partial charge in [-0.25, -0.2) is 9.59 Å². The van der Waals surface area contributed by atoms with Gasteiger partial charge in [-0.15, -0.1) is 0 Å². The van der Waals surface area contributed by atoms with Gasteiger partial charge in [0.15, 0.2) is 0 Å². The maximum atomic E-state index is 12.4. The monoisotopic (exact) mass is 422 g/mol. The predicted molar refractivity (Wildman–Crippen MR) is 116 cm³/mol. The lowest BCUT2D eigenvalue weighted by atomic mass is 10.0. The summed E-state index contributed by atoms with van der Waals surface area (Å²) in [6.07, 6.45) is 2.29. The first-order valence-electron chi connectivity index (χ1n) is 10.3. The number of fused-ring (bicyclic) bond motifs is 1. The van der Waals surface area contributed by atoms with Gasteiger partial charge >= 0.3 is 12.1 Å². The molecular weight excluding hydrogens is 396 g/mol. The fourth-order valence-corrected chi connectivity index (χ4v) is 3.77.